The quantitative estimate of drug-likeness (QED) is 0.811. The number of aryl methyl sites for hydroxylation is 1. The van der Waals surface area contributed by atoms with Gasteiger partial charge in [-0.15, -0.1) is 10.2 Å². The Morgan fingerprint density at radius 3 is 2.53 bits per heavy atom. The fourth-order valence-corrected chi connectivity index (χ4v) is 4.95. The average Bonchev–Trinajstić information content (AvgIpc) is 3.46. The van der Waals surface area contributed by atoms with Crippen molar-refractivity contribution in [1.82, 2.24) is 15.1 Å². The van der Waals surface area contributed by atoms with E-state index in [0.29, 0.717) is 22.9 Å². The number of nitrogens with zero attached hydrogens (tertiary/aromatic N) is 4. The fraction of sp³-hybridized carbons (Fsp3) is 0.545. The van der Waals surface area contributed by atoms with E-state index in [9.17, 15) is 18.3 Å². The molecule has 1 atom stereocenters. The van der Waals surface area contributed by atoms with Gasteiger partial charge in [0.05, 0.1) is 11.3 Å². The molecule has 1 aliphatic carbocycles. The molecule has 1 aromatic heterocycles. The summed E-state index contributed by atoms with van der Waals surface area (Å²) in [6.07, 6.45) is 1.28. The van der Waals surface area contributed by atoms with E-state index < -0.39 is 17.5 Å². The van der Waals surface area contributed by atoms with Crippen LogP contribution in [-0.2, 0) is 12.6 Å². The normalized spacial score (nSPS) is 22.4. The molecule has 5 rings (SSSR count). The van der Waals surface area contributed by atoms with E-state index in [4.69, 9.17) is 0 Å². The number of alkyl halides is 3. The highest BCUT2D eigenvalue weighted by atomic mass is 19.4. The largest absolute Gasteiger partial charge is 0.507 e. The van der Waals surface area contributed by atoms with Crippen LogP contribution in [0, 0.1) is 6.92 Å². The second-order valence-electron chi connectivity index (χ2n) is 8.73. The Bertz CT molecular complexity index is 950. The van der Waals surface area contributed by atoms with Gasteiger partial charge in [0.25, 0.3) is 0 Å². The lowest BCUT2D eigenvalue weighted by Crippen LogP contribution is -2.48. The van der Waals surface area contributed by atoms with Gasteiger partial charge in [0.1, 0.15) is 5.75 Å². The first kappa shape index (κ1) is 19.6. The van der Waals surface area contributed by atoms with Crippen molar-refractivity contribution in [3.05, 3.63) is 34.9 Å². The number of anilines is 1. The molecule has 3 aliphatic rings. The Morgan fingerprint density at radius 1 is 1.03 bits per heavy atom. The summed E-state index contributed by atoms with van der Waals surface area (Å²) in [4.78, 5) is 4.94. The van der Waals surface area contributed by atoms with Gasteiger partial charge in [0.2, 0.25) is 0 Å². The molecule has 1 saturated heterocycles. The zero-order chi connectivity index (χ0) is 21.0. The highest BCUT2D eigenvalue weighted by Crippen LogP contribution is 2.40. The van der Waals surface area contributed by atoms with Gasteiger partial charge in [0.15, 0.2) is 5.82 Å². The van der Waals surface area contributed by atoms with E-state index in [1.165, 1.54) is 25.8 Å². The Kier molecular flexibility index (Phi) is 4.65. The van der Waals surface area contributed by atoms with Gasteiger partial charge < -0.3 is 10.0 Å². The van der Waals surface area contributed by atoms with Crippen LogP contribution in [0.3, 0.4) is 0 Å². The van der Waals surface area contributed by atoms with Gasteiger partial charge in [-0.05, 0) is 69.3 Å². The number of likely N-dealkylation sites (tertiary alicyclic amines) is 1. The van der Waals surface area contributed by atoms with Crippen molar-refractivity contribution in [1.29, 1.82) is 0 Å². The number of aromatic hydroxyl groups is 1. The first-order valence-electron chi connectivity index (χ1n) is 10.6. The zero-order valence-corrected chi connectivity index (χ0v) is 16.9. The molecule has 2 aliphatic heterocycles. The van der Waals surface area contributed by atoms with Crippen molar-refractivity contribution in [2.75, 3.05) is 24.5 Å². The SMILES string of the molecule is Cc1cc(C(F)(F)F)cc(O)c1-c1cc2c(nn1)N([C@@H]1CCCN(C3CC3)C1)CC2. The minimum Gasteiger partial charge on any atom is -0.507 e. The van der Waals surface area contributed by atoms with Crippen molar-refractivity contribution in [2.45, 2.75) is 57.3 Å². The molecule has 2 aromatic rings. The van der Waals surface area contributed by atoms with Crippen LogP contribution in [0.5, 0.6) is 5.75 Å². The second-order valence-corrected chi connectivity index (χ2v) is 8.73. The fourth-order valence-electron chi connectivity index (χ4n) is 4.95. The molecule has 3 heterocycles. The Hall–Kier alpha value is -2.35. The molecule has 30 heavy (non-hydrogen) atoms. The minimum absolute atomic E-state index is 0.314. The maximum Gasteiger partial charge on any atom is 0.416 e. The number of fused-ring (bicyclic) bond motifs is 1. The van der Waals surface area contributed by atoms with E-state index >= 15 is 0 Å². The Labute approximate surface area is 173 Å². The average molecular weight is 418 g/mol. The van der Waals surface area contributed by atoms with Crippen LogP contribution < -0.4 is 4.90 Å². The number of hydrogen-bond donors (Lipinski definition) is 1. The molecule has 2 fully saturated rings. The molecular formula is C22H25F3N4O. The number of piperidine rings is 1. The Morgan fingerprint density at radius 2 is 1.83 bits per heavy atom. The highest BCUT2D eigenvalue weighted by molar-refractivity contribution is 5.73. The van der Waals surface area contributed by atoms with Crippen molar-refractivity contribution in [2.24, 2.45) is 0 Å². The molecule has 1 N–H and O–H groups in total. The molecule has 1 saturated carbocycles. The van der Waals surface area contributed by atoms with E-state index in [1.807, 2.05) is 6.07 Å². The summed E-state index contributed by atoms with van der Waals surface area (Å²) >= 11 is 0. The van der Waals surface area contributed by atoms with E-state index in [-0.39, 0.29) is 0 Å². The van der Waals surface area contributed by atoms with Crippen LogP contribution in [0.25, 0.3) is 11.3 Å². The molecule has 0 spiro atoms. The highest BCUT2D eigenvalue weighted by Gasteiger charge is 2.37. The summed E-state index contributed by atoms with van der Waals surface area (Å²) in [5.74, 6) is 0.462. The van der Waals surface area contributed by atoms with E-state index in [0.717, 1.165) is 55.5 Å². The number of hydrogen-bond acceptors (Lipinski definition) is 5. The lowest BCUT2D eigenvalue weighted by molar-refractivity contribution is -0.137. The van der Waals surface area contributed by atoms with Crippen molar-refractivity contribution < 1.29 is 18.3 Å². The van der Waals surface area contributed by atoms with Crippen molar-refractivity contribution in [3.63, 3.8) is 0 Å². The summed E-state index contributed by atoms with van der Waals surface area (Å²) in [6.45, 7) is 4.68. The molecular weight excluding hydrogens is 393 g/mol. The summed E-state index contributed by atoms with van der Waals surface area (Å²) in [5.41, 5.74) is 1.25. The number of benzene rings is 1. The maximum atomic E-state index is 13.0. The van der Waals surface area contributed by atoms with E-state index in [2.05, 4.69) is 20.0 Å². The molecule has 5 nitrogen and oxygen atoms in total. The van der Waals surface area contributed by atoms with Crippen molar-refractivity contribution >= 4 is 5.82 Å². The molecule has 1 aromatic carbocycles. The number of aromatic nitrogens is 2. The van der Waals surface area contributed by atoms with Gasteiger partial charge in [-0.3, -0.25) is 4.90 Å². The number of phenolic OH excluding ortho intramolecular Hbond substituents is 1. The predicted octanol–water partition coefficient (Wildman–Crippen LogP) is 4.17. The summed E-state index contributed by atoms with van der Waals surface area (Å²) in [6, 6.07) is 4.87. The molecule has 8 heteroatoms. The summed E-state index contributed by atoms with van der Waals surface area (Å²) in [7, 11) is 0. The van der Waals surface area contributed by atoms with E-state index in [1.54, 1.807) is 6.92 Å². The van der Waals surface area contributed by atoms with Crippen LogP contribution in [0.2, 0.25) is 0 Å². The van der Waals surface area contributed by atoms with Gasteiger partial charge in [-0.2, -0.15) is 13.2 Å². The lowest BCUT2D eigenvalue weighted by Gasteiger charge is -2.38. The third-order valence-corrected chi connectivity index (χ3v) is 6.57. The third-order valence-electron chi connectivity index (χ3n) is 6.57. The van der Waals surface area contributed by atoms with Gasteiger partial charge in [0, 0.05) is 36.3 Å². The van der Waals surface area contributed by atoms with Crippen LogP contribution >= 0.6 is 0 Å². The second kappa shape index (κ2) is 7.11. The monoisotopic (exact) mass is 418 g/mol. The van der Waals surface area contributed by atoms with Crippen LogP contribution in [0.1, 0.15) is 42.4 Å². The topological polar surface area (TPSA) is 52.5 Å². The zero-order valence-electron chi connectivity index (χ0n) is 16.9. The van der Waals surface area contributed by atoms with Crippen LogP contribution in [-0.4, -0.2) is 51.9 Å². The Balaban J connectivity index is 1.42. The van der Waals surface area contributed by atoms with Gasteiger partial charge in [-0.25, -0.2) is 0 Å². The number of halogens is 3. The minimum atomic E-state index is -4.50. The maximum absolute atomic E-state index is 13.0. The molecule has 160 valence electrons. The first-order valence-corrected chi connectivity index (χ1v) is 10.6. The molecule has 0 bridgehead atoms. The summed E-state index contributed by atoms with van der Waals surface area (Å²) in [5, 5.41) is 19.1. The van der Waals surface area contributed by atoms with Crippen molar-refractivity contribution in [3.8, 4) is 17.0 Å². The number of phenols is 1. The lowest BCUT2D eigenvalue weighted by atomic mass is 9.99. The predicted molar refractivity (Wildman–Crippen MR) is 108 cm³/mol. The standard InChI is InChI=1S/C22H25F3N4O/c1-13-9-15(22(23,24)25)11-19(30)20(13)18-10-14-6-8-29(21(14)27-26-18)17-3-2-7-28(12-17)16-4-5-16/h9-11,16-17,30H,2-8,12H2,1H3/t17-/m1/s1. The molecule has 0 radical (unpaired) electrons. The van der Waals surface area contributed by atoms with Gasteiger partial charge in [-0.1, -0.05) is 0 Å². The smallest absolute Gasteiger partial charge is 0.416 e. The molecule has 0 amide bonds. The third kappa shape index (κ3) is 3.51. The first-order chi connectivity index (χ1) is 14.3. The van der Waals surface area contributed by atoms with Crippen LogP contribution in [0.15, 0.2) is 18.2 Å². The van der Waals surface area contributed by atoms with Gasteiger partial charge >= 0.3 is 6.18 Å². The number of rotatable bonds is 3. The molecule has 0 unspecified atom stereocenters. The van der Waals surface area contributed by atoms with Crippen LogP contribution in [0.4, 0.5) is 19.0 Å². The summed E-state index contributed by atoms with van der Waals surface area (Å²) < 4.78 is 39.0.